The maximum absolute atomic E-state index is 12.0. The number of hydrogen-bond acceptors (Lipinski definition) is 2. The van der Waals surface area contributed by atoms with Gasteiger partial charge in [-0.3, -0.25) is 4.79 Å². The van der Waals surface area contributed by atoms with Crippen molar-refractivity contribution in [2.45, 2.75) is 58.2 Å². The highest BCUT2D eigenvalue weighted by Gasteiger charge is 2.25. The van der Waals surface area contributed by atoms with Crippen LogP contribution >= 0.6 is 0 Å². The largest absolute Gasteiger partial charge is 0.388 e. The van der Waals surface area contributed by atoms with Crippen molar-refractivity contribution in [1.29, 1.82) is 0 Å². The van der Waals surface area contributed by atoms with Crippen molar-refractivity contribution < 1.29 is 9.90 Å². The van der Waals surface area contributed by atoms with E-state index in [-0.39, 0.29) is 24.1 Å². The Labute approximate surface area is 108 Å². The van der Waals surface area contributed by atoms with Crippen LogP contribution in [-0.2, 0) is 11.2 Å². The highest BCUT2D eigenvalue weighted by Crippen LogP contribution is 2.31. The van der Waals surface area contributed by atoms with Gasteiger partial charge in [-0.05, 0) is 46.1 Å². The molecule has 2 rings (SSSR count). The number of rotatable bonds is 3. The average molecular weight is 250 g/mol. The molecule has 18 heavy (non-hydrogen) atoms. The Bertz CT molecular complexity index is 437. The molecule has 100 valence electrons. The van der Waals surface area contributed by atoms with E-state index >= 15 is 0 Å². The summed E-state index contributed by atoms with van der Waals surface area (Å²) in [6.45, 7) is 5.82. The number of aliphatic hydroxyl groups excluding tert-OH is 1. The van der Waals surface area contributed by atoms with Crippen LogP contribution in [0.2, 0.25) is 0 Å². The van der Waals surface area contributed by atoms with Crippen molar-refractivity contribution in [3.05, 3.63) is 23.5 Å². The lowest BCUT2D eigenvalue weighted by Crippen LogP contribution is -2.36. The molecule has 1 aromatic rings. The van der Waals surface area contributed by atoms with E-state index in [1.165, 1.54) is 0 Å². The summed E-state index contributed by atoms with van der Waals surface area (Å²) in [5, 5.41) is 12.9. The van der Waals surface area contributed by atoms with E-state index in [1.54, 1.807) is 0 Å². The summed E-state index contributed by atoms with van der Waals surface area (Å²) < 4.78 is 2.00. The summed E-state index contributed by atoms with van der Waals surface area (Å²) in [5.41, 5.74) is 2.10. The molecule has 0 aliphatic heterocycles. The number of amides is 1. The Morgan fingerprint density at radius 3 is 2.89 bits per heavy atom. The first-order valence-corrected chi connectivity index (χ1v) is 6.68. The van der Waals surface area contributed by atoms with Gasteiger partial charge < -0.3 is 15.0 Å². The third-order valence-electron chi connectivity index (χ3n) is 3.54. The van der Waals surface area contributed by atoms with Crippen LogP contribution in [-0.4, -0.2) is 21.6 Å². The first kappa shape index (κ1) is 13.1. The smallest absolute Gasteiger partial charge is 0.242 e. The molecule has 2 atom stereocenters. The van der Waals surface area contributed by atoms with Gasteiger partial charge in [0, 0.05) is 23.5 Å². The number of carbonyl (C=O) groups excluding carboxylic acids is 1. The van der Waals surface area contributed by atoms with Crippen molar-refractivity contribution in [3.63, 3.8) is 0 Å². The van der Waals surface area contributed by atoms with Crippen LogP contribution in [0.25, 0.3) is 0 Å². The molecular weight excluding hydrogens is 228 g/mol. The molecular formula is C14H22N2O2. The molecule has 0 saturated heterocycles. The topological polar surface area (TPSA) is 54.3 Å². The number of aliphatic hydroxyl groups is 1. The maximum atomic E-state index is 12.0. The zero-order valence-electron chi connectivity index (χ0n) is 11.3. The lowest BCUT2D eigenvalue weighted by Gasteiger charge is -2.23. The zero-order chi connectivity index (χ0) is 13.3. The van der Waals surface area contributed by atoms with E-state index in [4.69, 9.17) is 0 Å². The molecule has 0 saturated carbocycles. The van der Waals surface area contributed by atoms with E-state index in [9.17, 15) is 9.90 Å². The summed E-state index contributed by atoms with van der Waals surface area (Å²) >= 11 is 0. The van der Waals surface area contributed by atoms with Gasteiger partial charge in [0.25, 0.3) is 0 Å². The molecule has 0 aromatic carbocycles. The van der Waals surface area contributed by atoms with E-state index in [0.717, 1.165) is 30.5 Å². The van der Waals surface area contributed by atoms with Crippen LogP contribution in [0.5, 0.6) is 0 Å². The molecule has 1 aromatic heterocycles. The highest BCUT2D eigenvalue weighted by molar-refractivity contribution is 5.80. The maximum Gasteiger partial charge on any atom is 0.242 e. The lowest BCUT2D eigenvalue weighted by molar-refractivity contribution is -0.124. The Kier molecular flexibility index (Phi) is 3.76. The van der Waals surface area contributed by atoms with Gasteiger partial charge in [-0.2, -0.15) is 0 Å². The molecule has 0 radical (unpaired) electrons. The van der Waals surface area contributed by atoms with E-state index in [2.05, 4.69) is 5.32 Å². The van der Waals surface area contributed by atoms with Gasteiger partial charge >= 0.3 is 0 Å². The van der Waals surface area contributed by atoms with Gasteiger partial charge in [0.2, 0.25) is 5.91 Å². The second-order valence-electron chi connectivity index (χ2n) is 5.37. The minimum atomic E-state index is -0.365. The number of nitrogens with zero attached hydrogens (tertiary/aromatic N) is 1. The fraction of sp³-hybridized carbons (Fsp3) is 0.643. The normalized spacial score (nSPS) is 20.6. The van der Waals surface area contributed by atoms with Gasteiger partial charge in [-0.15, -0.1) is 0 Å². The lowest BCUT2D eigenvalue weighted by atomic mass is 9.95. The molecule has 4 heteroatoms. The van der Waals surface area contributed by atoms with Gasteiger partial charge in [0.1, 0.15) is 6.04 Å². The van der Waals surface area contributed by atoms with Gasteiger partial charge in [-0.25, -0.2) is 0 Å². The predicted molar refractivity (Wildman–Crippen MR) is 70.3 cm³/mol. The van der Waals surface area contributed by atoms with E-state index < -0.39 is 0 Å². The first-order valence-electron chi connectivity index (χ1n) is 6.68. The van der Waals surface area contributed by atoms with Gasteiger partial charge in [0.15, 0.2) is 0 Å². The van der Waals surface area contributed by atoms with Crippen molar-refractivity contribution in [2.24, 2.45) is 0 Å². The molecule has 1 aliphatic carbocycles. The summed E-state index contributed by atoms with van der Waals surface area (Å²) in [6.07, 6.45) is 4.30. The number of hydrogen-bond donors (Lipinski definition) is 2. The molecule has 2 unspecified atom stereocenters. The third-order valence-corrected chi connectivity index (χ3v) is 3.54. The second kappa shape index (κ2) is 5.14. The van der Waals surface area contributed by atoms with Gasteiger partial charge in [0.05, 0.1) is 6.10 Å². The summed E-state index contributed by atoms with van der Waals surface area (Å²) in [7, 11) is 0. The van der Waals surface area contributed by atoms with Crippen LogP contribution in [0.15, 0.2) is 12.3 Å². The zero-order valence-corrected chi connectivity index (χ0v) is 11.3. The fourth-order valence-electron chi connectivity index (χ4n) is 2.59. The summed E-state index contributed by atoms with van der Waals surface area (Å²) in [5.74, 6) is 0.0310. The predicted octanol–water partition coefficient (Wildman–Crippen LogP) is 1.94. The Hall–Kier alpha value is -1.29. The number of aromatic nitrogens is 1. The fourth-order valence-corrected chi connectivity index (χ4v) is 2.59. The molecule has 2 N–H and O–H groups in total. The minimum Gasteiger partial charge on any atom is -0.388 e. The van der Waals surface area contributed by atoms with E-state index in [1.807, 2.05) is 37.6 Å². The third kappa shape index (κ3) is 2.43. The summed E-state index contributed by atoms with van der Waals surface area (Å²) in [4.78, 5) is 12.0. The van der Waals surface area contributed by atoms with Crippen molar-refractivity contribution in [3.8, 4) is 0 Å². The Morgan fingerprint density at radius 1 is 1.50 bits per heavy atom. The Balaban J connectivity index is 2.21. The molecule has 0 spiro atoms. The molecule has 0 bridgehead atoms. The number of carbonyl (C=O) groups is 1. The summed E-state index contributed by atoms with van der Waals surface area (Å²) in [6, 6.07) is 1.87. The van der Waals surface area contributed by atoms with Crippen molar-refractivity contribution in [1.82, 2.24) is 9.88 Å². The van der Waals surface area contributed by atoms with Gasteiger partial charge in [-0.1, -0.05) is 0 Å². The van der Waals surface area contributed by atoms with Crippen molar-refractivity contribution >= 4 is 5.91 Å². The number of nitrogens with one attached hydrogen (secondary N) is 1. The molecule has 4 nitrogen and oxygen atoms in total. The van der Waals surface area contributed by atoms with E-state index in [0.29, 0.717) is 0 Å². The molecule has 1 amide bonds. The quantitative estimate of drug-likeness (QED) is 0.861. The monoisotopic (exact) mass is 250 g/mol. The van der Waals surface area contributed by atoms with Crippen LogP contribution in [0, 0.1) is 0 Å². The SMILES string of the molecule is CC(C)NC(=O)C(C)n1ccc2c1CCCC2O. The second-order valence-corrected chi connectivity index (χ2v) is 5.37. The standard InChI is InChI=1S/C14H22N2O2/c1-9(2)15-14(18)10(3)16-8-7-11-12(16)5-4-6-13(11)17/h7-10,13,17H,4-6H2,1-3H3,(H,15,18). The molecule has 1 heterocycles. The Morgan fingerprint density at radius 2 is 2.22 bits per heavy atom. The number of fused-ring (bicyclic) bond motifs is 1. The average Bonchev–Trinajstić information content (AvgIpc) is 2.72. The minimum absolute atomic E-state index is 0.0310. The van der Waals surface area contributed by atoms with Crippen LogP contribution in [0.4, 0.5) is 0 Å². The molecule has 1 aliphatic rings. The molecule has 0 fully saturated rings. The van der Waals surface area contributed by atoms with Crippen LogP contribution in [0.3, 0.4) is 0 Å². The highest BCUT2D eigenvalue weighted by atomic mass is 16.3. The van der Waals surface area contributed by atoms with Crippen LogP contribution < -0.4 is 5.32 Å². The van der Waals surface area contributed by atoms with Crippen LogP contribution in [0.1, 0.15) is 57.0 Å². The first-order chi connectivity index (χ1) is 8.50. The van der Waals surface area contributed by atoms with Crippen molar-refractivity contribution in [2.75, 3.05) is 0 Å².